The Labute approximate surface area is 207 Å². The van der Waals surface area contributed by atoms with Gasteiger partial charge < -0.3 is 9.47 Å². The molecule has 1 saturated carbocycles. The third-order valence-electron chi connectivity index (χ3n) is 7.06. The van der Waals surface area contributed by atoms with Crippen molar-refractivity contribution < 1.29 is 14.3 Å². The molecule has 0 radical (unpaired) electrons. The van der Waals surface area contributed by atoms with E-state index >= 15 is 0 Å². The predicted octanol–water partition coefficient (Wildman–Crippen LogP) is 8.94. The van der Waals surface area contributed by atoms with Crippen molar-refractivity contribution >= 4 is 5.97 Å². The van der Waals surface area contributed by atoms with Gasteiger partial charge in [0.15, 0.2) is 0 Å². The zero-order valence-corrected chi connectivity index (χ0v) is 21.2. The standard InChI is InChI=1S/C31H44O3/c1-2-3-4-5-6-7-8-12-25-33-29-23-19-28(20-24-29)31(32)34-30-21-17-27(18-22-30)16-15-26-13-10-9-11-14-26/h17-24,26H,2-16,25H2,1H3. The van der Waals surface area contributed by atoms with E-state index in [0.717, 1.165) is 31.1 Å². The second-order valence-corrected chi connectivity index (χ2v) is 9.92. The Balaban J connectivity index is 1.32. The number of hydrogen-bond donors (Lipinski definition) is 0. The van der Waals surface area contributed by atoms with Crippen molar-refractivity contribution in [2.45, 2.75) is 103 Å². The summed E-state index contributed by atoms with van der Waals surface area (Å²) < 4.78 is 11.4. The zero-order valence-electron chi connectivity index (χ0n) is 21.2. The molecule has 0 atom stereocenters. The van der Waals surface area contributed by atoms with Crippen LogP contribution in [0.4, 0.5) is 0 Å². The molecule has 0 amide bonds. The summed E-state index contributed by atoms with van der Waals surface area (Å²) in [5, 5.41) is 0. The summed E-state index contributed by atoms with van der Waals surface area (Å²) in [5.41, 5.74) is 1.86. The Hall–Kier alpha value is -2.29. The fourth-order valence-electron chi connectivity index (χ4n) is 4.85. The molecule has 1 aliphatic carbocycles. The predicted molar refractivity (Wildman–Crippen MR) is 141 cm³/mol. The SMILES string of the molecule is CCCCCCCCCCOc1ccc(C(=O)Oc2ccc(CCC3CCCCC3)cc2)cc1. The zero-order chi connectivity index (χ0) is 23.8. The first-order chi connectivity index (χ1) is 16.7. The molecule has 34 heavy (non-hydrogen) atoms. The molecule has 1 fully saturated rings. The van der Waals surface area contributed by atoms with E-state index in [9.17, 15) is 4.79 Å². The van der Waals surface area contributed by atoms with Crippen LogP contribution in [0.5, 0.6) is 11.5 Å². The summed E-state index contributed by atoms with van der Waals surface area (Å²) in [6.07, 6.45) is 19.7. The van der Waals surface area contributed by atoms with E-state index in [-0.39, 0.29) is 5.97 Å². The highest BCUT2D eigenvalue weighted by Gasteiger charge is 2.13. The summed E-state index contributed by atoms with van der Waals surface area (Å²) in [7, 11) is 0. The first kappa shape index (κ1) is 26.3. The molecular weight excluding hydrogens is 420 g/mol. The number of ether oxygens (including phenoxy) is 2. The minimum absolute atomic E-state index is 0.329. The van der Waals surface area contributed by atoms with Crippen LogP contribution in [-0.4, -0.2) is 12.6 Å². The van der Waals surface area contributed by atoms with Gasteiger partial charge in [0.1, 0.15) is 11.5 Å². The van der Waals surface area contributed by atoms with Crippen LogP contribution < -0.4 is 9.47 Å². The van der Waals surface area contributed by atoms with Gasteiger partial charge in [-0.05, 0) is 67.1 Å². The van der Waals surface area contributed by atoms with Crippen LogP contribution >= 0.6 is 0 Å². The fourth-order valence-corrected chi connectivity index (χ4v) is 4.85. The lowest BCUT2D eigenvalue weighted by Gasteiger charge is -2.21. The van der Waals surface area contributed by atoms with E-state index in [4.69, 9.17) is 9.47 Å². The number of hydrogen-bond acceptors (Lipinski definition) is 3. The second kappa shape index (κ2) is 15.6. The number of rotatable bonds is 15. The molecule has 0 aliphatic heterocycles. The third kappa shape index (κ3) is 9.91. The molecule has 0 bridgehead atoms. The van der Waals surface area contributed by atoms with Crippen molar-refractivity contribution in [2.75, 3.05) is 6.61 Å². The van der Waals surface area contributed by atoms with Crippen molar-refractivity contribution in [1.29, 1.82) is 0 Å². The van der Waals surface area contributed by atoms with Gasteiger partial charge in [-0.25, -0.2) is 4.79 Å². The third-order valence-corrected chi connectivity index (χ3v) is 7.06. The minimum atomic E-state index is -0.329. The van der Waals surface area contributed by atoms with Gasteiger partial charge in [0.25, 0.3) is 0 Å². The summed E-state index contributed by atoms with van der Waals surface area (Å²) in [5.74, 6) is 1.96. The molecule has 3 nitrogen and oxygen atoms in total. The molecule has 0 N–H and O–H groups in total. The number of carbonyl (C=O) groups is 1. The normalized spacial score (nSPS) is 14.1. The number of benzene rings is 2. The van der Waals surface area contributed by atoms with Crippen LogP contribution in [0, 0.1) is 5.92 Å². The molecule has 0 saturated heterocycles. The van der Waals surface area contributed by atoms with Crippen molar-refractivity contribution in [2.24, 2.45) is 5.92 Å². The molecule has 2 aromatic carbocycles. The number of unbranched alkanes of at least 4 members (excludes halogenated alkanes) is 7. The van der Waals surface area contributed by atoms with Crippen molar-refractivity contribution in [1.82, 2.24) is 0 Å². The Morgan fingerprint density at radius 1 is 0.765 bits per heavy atom. The Kier molecular flexibility index (Phi) is 12.1. The molecule has 0 aromatic heterocycles. The van der Waals surface area contributed by atoms with E-state index in [1.807, 2.05) is 24.3 Å². The van der Waals surface area contributed by atoms with E-state index < -0.39 is 0 Å². The minimum Gasteiger partial charge on any atom is -0.494 e. The highest BCUT2D eigenvalue weighted by atomic mass is 16.5. The maximum absolute atomic E-state index is 12.5. The molecule has 3 rings (SSSR count). The first-order valence-corrected chi connectivity index (χ1v) is 13.8. The van der Waals surface area contributed by atoms with Gasteiger partial charge in [0, 0.05) is 0 Å². The number of carbonyl (C=O) groups excluding carboxylic acids is 1. The average molecular weight is 465 g/mol. The monoisotopic (exact) mass is 464 g/mol. The lowest BCUT2D eigenvalue weighted by Crippen LogP contribution is -2.09. The van der Waals surface area contributed by atoms with Gasteiger partial charge in [0.05, 0.1) is 12.2 Å². The smallest absolute Gasteiger partial charge is 0.343 e. The lowest BCUT2D eigenvalue weighted by molar-refractivity contribution is 0.0734. The van der Waals surface area contributed by atoms with Gasteiger partial charge in [-0.1, -0.05) is 96.1 Å². The molecule has 186 valence electrons. The molecule has 2 aromatic rings. The van der Waals surface area contributed by atoms with Gasteiger partial charge in [-0.15, -0.1) is 0 Å². The summed E-state index contributed by atoms with van der Waals surface area (Å²) in [6, 6.07) is 15.3. The molecule has 3 heteroatoms. The molecular formula is C31H44O3. The highest BCUT2D eigenvalue weighted by molar-refractivity contribution is 5.91. The van der Waals surface area contributed by atoms with Crippen LogP contribution in [0.2, 0.25) is 0 Å². The summed E-state index contributed by atoms with van der Waals surface area (Å²) >= 11 is 0. The van der Waals surface area contributed by atoms with Crippen molar-refractivity contribution in [3.63, 3.8) is 0 Å². The van der Waals surface area contributed by atoms with Crippen LogP contribution in [-0.2, 0) is 6.42 Å². The molecule has 0 heterocycles. The van der Waals surface area contributed by atoms with Gasteiger partial charge in [-0.2, -0.15) is 0 Å². The maximum Gasteiger partial charge on any atom is 0.343 e. The largest absolute Gasteiger partial charge is 0.494 e. The highest BCUT2D eigenvalue weighted by Crippen LogP contribution is 2.28. The Bertz CT molecular complexity index is 804. The lowest BCUT2D eigenvalue weighted by atomic mass is 9.85. The van der Waals surface area contributed by atoms with E-state index in [1.54, 1.807) is 12.1 Å². The number of esters is 1. The Morgan fingerprint density at radius 2 is 1.38 bits per heavy atom. The van der Waals surface area contributed by atoms with Crippen molar-refractivity contribution in [3.8, 4) is 11.5 Å². The van der Waals surface area contributed by atoms with E-state index in [2.05, 4.69) is 19.1 Å². The van der Waals surface area contributed by atoms with Gasteiger partial charge in [0.2, 0.25) is 0 Å². The molecule has 0 unspecified atom stereocenters. The second-order valence-electron chi connectivity index (χ2n) is 9.92. The van der Waals surface area contributed by atoms with Crippen molar-refractivity contribution in [3.05, 3.63) is 59.7 Å². The van der Waals surface area contributed by atoms with Gasteiger partial charge >= 0.3 is 5.97 Å². The van der Waals surface area contributed by atoms with E-state index in [1.165, 1.54) is 89.0 Å². The first-order valence-electron chi connectivity index (χ1n) is 13.8. The summed E-state index contributed by atoms with van der Waals surface area (Å²) in [6.45, 7) is 2.98. The van der Waals surface area contributed by atoms with Crippen LogP contribution in [0.3, 0.4) is 0 Å². The molecule has 0 spiro atoms. The fraction of sp³-hybridized carbons (Fsp3) is 0.581. The van der Waals surface area contributed by atoms with E-state index in [0.29, 0.717) is 11.3 Å². The van der Waals surface area contributed by atoms with Crippen LogP contribution in [0.1, 0.15) is 113 Å². The van der Waals surface area contributed by atoms with Crippen LogP contribution in [0.25, 0.3) is 0 Å². The van der Waals surface area contributed by atoms with Gasteiger partial charge in [-0.3, -0.25) is 0 Å². The molecule has 1 aliphatic rings. The Morgan fingerprint density at radius 3 is 2.06 bits per heavy atom. The van der Waals surface area contributed by atoms with Crippen LogP contribution in [0.15, 0.2) is 48.5 Å². The summed E-state index contributed by atoms with van der Waals surface area (Å²) in [4.78, 5) is 12.5. The number of aryl methyl sites for hydroxylation is 1. The quantitative estimate of drug-likeness (QED) is 0.150. The maximum atomic E-state index is 12.5. The average Bonchev–Trinajstić information content (AvgIpc) is 2.88. The topological polar surface area (TPSA) is 35.5 Å².